The van der Waals surface area contributed by atoms with Crippen LogP contribution in [0.4, 0.5) is 0 Å². The number of carbonyl (C=O) groups excluding carboxylic acids is 1. The van der Waals surface area contributed by atoms with Gasteiger partial charge in [-0.1, -0.05) is 50.9 Å². The Labute approximate surface area is 148 Å². The van der Waals surface area contributed by atoms with E-state index >= 15 is 0 Å². The molecule has 0 aliphatic rings. The normalized spacial score (nSPS) is 12.2. The van der Waals surface area contributed by atoms with Crippen molar-refractivity contribution in [3.8, 4) is 11.5 Å². The molecule has 5 nitrogen and oxygen atoms in total. The molecule has 1 unspecified atom stereocenters. The Hall–Kier alpha value is -1.88. The Kier molecular flexibility index (Phi) is 6.79. The van der Waals surface area contributed by atoms with Crippen molar-refractivity contribution >= 4 is 17.5 Å². The standard InChI is InChI=1S/C18H24ClN3O2/c1-4-8-13(3)18(23)22(11-5-2)12-16-20-21-17(24-16)14-9-6-7-10-15(14)19/h6-7,9-10,13H,4-5,8,11-12H2,1-3H3. The summed E-state index contributed by atoms with van der Waals surface area (Å²) in [6.07, 6.45) is 2.76. The lowest BCUT2D eigenvalue weighted by molar-refractivity contribution is -0.136. The largest absolute Gasteiger partial charge is 0.419 e. The summed E-state index contributed by atoms with van der Waals surface area (Å²) < 4.78 is 5.72. The van der Waals surface area contributed by atoms with Gasteiger partial charge < -0.3 is 9.32 Å². The molecule has 0 aliphatic carbocycles. The second-order valence-electron chi connectivity index (χ2n) is 5.93. The Bertz CT molecular complexity index is 672. The molecular weight excluding hydrogens is 326 g/mol. The SMILES string of the molecule is CCCC(C)C(=O)N(CCC)Cc1nnc(-c2ccccc2Cl)o1. The Morgan fingerprint density at radius 1 is 1.25 bits per heavy atom. The number of amides is 1. The van der Waals surface area contributed by atoms with Crippen molar-refractivity contribution in [3.05, 3.63) is 35.2 Å². The van der Waals surface area contributed by atoms with E-state index in [1.54, 1.807) is 11.0 Å². The number of carbonyl (C=O) groups is 1. The van der Waals surface area contributed by atoms with Crippen molar-refractivity contribution in [3.63, 3.8) is 0 Å². The van der Waals surface area contributed by atoms with E-state index in [1.165, 1.54) is 0 Å². The zero-order valence-corrected chi connectivity index (χ0v) is 15.2. The van der Waals surface area contributed by atoms with E-state index in [4.69, 9.17) is 16.0 Å². The Morgan fingerprint density at radius 2 is 2.00 bits per heavy atom. The molecule has 130 valence electrons. The Morgan fingerprint density at radius 3 is 2.67 bits per heavy atom. The topological polar surface area (TPSA) is 59.2 Å². The minimum Gasteiger partial charge on any atom is -0.419 e. The van der Waals surface area contributed by atoms with Crippen LogP contribution in [0.5, 0.6) is 0 Å². The van der Waals surface area contributed by atoms with Crippen molar-refractivity contribution in [2.75, 3.05) is 6.54 Å². The van der Waals surface area contributed by atoms with E-state index in [0.29, 0.717) is 35.5 Å². The second-order valence-corrected chi connectivity index (χ2v) is 6.34. The van der Waals surface area contributed by atoms with Crippen LogP contribution in [0.1, 0.15) is 45.9 Å². The van der Waals surface area contributed by atoms with Gasteiger partial charge in [0.2, 0.25) is 17.7 Å². The number of aromatic nitrogens is 2. The first-order valence-corrected chi connectivity index (χ1v) is 8.80. The first-order valence-electron chi connectivity index (χ1n) is 8.42. The molecule has 24 heavy (non-hydrogen) atoms. The van der Waals surface area contributed by atoms with Gasteiger partial charge in [-0.3, -0.25) is 4.79 Å². The maximum atomic E-state index is 12.6. The number of halogens is 1. The van der Waals surface area contributed by atoms with E-state index in [9.17, 15) is 4.79 Å². The van der Waals surface area contributed by atoms with Crippen LogP contribution in [0.2, 0.25) is 5.02 Å². The number of nitrogens with zero attached hydrogens (tertiary/aromatic N) is 3. The average Bonchev–Trinajstić information content (AvgIpc) is 3.03. The third kappa shape index (κ3) is 4.57. The molecular formula is C18H24ClN3O2. The molecule has 0 saturated carbocycles. The Balaban J connectivity index is 2.13. The van der Waals surface area contributed by atoms with Gasteiger partial charge in [-0.2, -0.15) is 0 Å². The fourth-order valence-electron chi connectivity index (χ4n) is 2.63. The maximum Gasteiger partial charge on any atom is 0.249 e. The summed E-state index contributed by atoms with van der Waals surface area (Å²) >= 11 is 6.16. The third-order valence-electron chi connectivity index (χ3n) is 3.85. The molecule has 2 aromatic rings. The van der Waals surface area contributed by atoms with Gasteiger partial charge in [0.15, 0.2) is 0 Å². The van der Waals surface area contributed by atoms with E-state index in [-0.39, 0.29) is 11.8 Å². The minimum absolute atomic E-state index is 0.00695. The summed E-state index contributed by atoms with van der Waals surface area (Å²) in [6, 6.07) is 7.32. The molecule has 0 bridgehead atoms. The van der Waals surface area contributed by atoms with Crippen LogP contribution in [0.25, 0.3) is 11.5 Å². The van der Waals surface area contributed by atoms with Crippen LogP contribution in [0.15, 0.2) is 28.7 Å². The van der Waals surface area contributed by atoms with E-state index in [0.717, 1.165) is 19.3 Å². The smallest absolute Gasteiger partial charge is 0.249 e. The highest BCUT2D eigenvalue weighted by molar-refractivity contribution is 6.33. The molecule has 0 radical (unpaired) electrons. The molecule has 2 rings (SSSR count). The summed E-state index contributed by atoms with van der Waals surface area (Å²) in [5.74, 6) is 0.945. The van der Waals surface area contributed by atoms with Gasteiger partial charge in [0, 0.05) is 12.5 Å². The van der Waals surface area contributed by atoms with Crippen molar-refractivity contribution in [2.45, 2.75) is 46.6 Å². The summed E-state index contributed by atoms with van der Waals surface area (Å²) in [4.78, 5) is 14.4. The molecule has 6 heteroatoms. The van der Waals surface area contributed by atoms with Crippen LogP contribution < -0.4 is 0 Å². The number of rotatable bonds is 8. The first kappa shape index (κ1) is 18.5. The van der Waals surface area contributed by atoms with Crippen molar-refractivity contribution in [1.29, 1.82) is 0 Å². The lowest BCUT2D eigenvalue weighted by Gasteiger charge is -2.23. The molecule has 1 aromatic carbocycles. The fraction of sp³-hybridized carbons (Fsp3) is 0.500. The molecule has 1 amide bonds. The van der Waals surface area contributed by atoms with Crippen molar-refractivity contribution < 1.29 is 9.21 Å². The van der Waals surface area contributed by atoms with Gasteiger partial charge in [-0.25, -0.2) is 0 Å². The zero-order chi connectivity index (χ0) is 17.5. The summed E-state index contributed by atoms with van der Waals surface area (Å²) in [7, 11) is 0. The number of hydrogen-bond acceptors (Lipinski definition) is 4. The summed E-state index contributed by atoms with van der Waals surface area (Å²) in [6.45, 7) is 7.11. The van der Waals surface area contributed by atoms with E-state index in [2.05, 4.69) is 17.1 Å². The van der Waals surface area contributed by atoms with E-state index < -0.39 is 0 Å². The van der Waals surface area contributed by atoms with Gasteiger partial charge in [0.05, 0.1) is 17.1 Å². The average molecular weight is 350 g/mol. The van der Waals surface area contributed by atoms with Crippen LogP contribution in [-0.4, -0.2) is 27.5 Å². The molecule has 1 aromatic heterocycles. The molecule has 1 heterocycles. The van der Waals surface area contributed by atoms with Crippen LogP contribution >= 0.6 is 11.6 Å². The van der Waals surface area contributed by atoms with Gasteiger partial charge >= 0.3 is 0 Å². The van der Waals surface area contributed by atoms with Crippen LogP contribution in [0, 0.1) is 5.92 Å². The van der Waals surface area contributed by atoms with Crippen molar-refractivity contribution in [2.24, 2.45) is 5.92 Å². The molecule has 0 fully saturated rings. The molecule has 1 atom stereocenters. The number of benzene rings is 1. The van der Waals surface area contributed by atoms with Gasteiger partial charge in [0.25, 0.3) is 0 Å². The predicted octanol–water partition coefficient (Wildman–Crippen LogP) is 4.56. The highest BCUT2D eigenvalue weighted by Gasteiger charge is 2.22. The first-order chi connectivity index (χ1) is 11.6. The second kappa shape index (κ2) is 8.83. The maximum absolute atomic E-state index is 12.6. The van der Waals surface area contributed by atoms with Crippen LogP contribution in [0.3, 0.4) is 0 Å². The lowest BCUT2D eigenvalue weighted by atomic mass is 10.0. The predicted molar refractivity (Wildman–Crippen MR) is 94.5 cm³/mol. The monoisotopic (exact) mass is 349 g/mol. The third-order valence-corrected chi connectivity index (χ3v) is 4.18. The van der Waals surface area contributed by atoms with Crippen molar-refractivity contribution in [1.82, 2.24) is 15.1 Å². The minimum atomic E-state index is 0.00695. The molecule has 0 aliphatic heterocycles. The fourth-order valence-corrected chi connectivity index (χ4v) is 2.85. The van der Waals surface area contributed by atoms with Crippen LogP contribution in [-0.2, 0) is 11.3 Å². The lowest BCUT2D eigenvalue weighted by Crippen LogP contribution is -2.35. The van der Waals surface area contributed by atoms with Gasteiger partial charge in [0.1, 0.15) is 0 Å². The highest BCUT2D eigenvalue weighted by Crippen LogP contribution is 2.26. The zero-order valence-electron chi connectivity index (χ0n) is 14.5. The van der Waals surface area contributed by atoms with Gasteiger partial charge in [-0.05, 0) is 25.0 Å². The molecule has 0 N–H and O–H groups in total. The molecule has 0 spiro atoms. The number of hydrogen-bond donors (Lipinski definition) is 0. The quantitative estimate of drug-likeness (QED) is 0.700. The molecule has 0 saturated heterocycles. The van der Waals surface area contributed by atoms with Gasteiger partial charge in [-0.15, -0.1) is 10.2 Å². The summed E-state index contributed by atoms with van der Waals surface area (Å²) in [5, 5.41) is 8.70. The summed E-state index contributed by atoms with van der Waals surface area (Å²) in [5.41, 5.74) is 0.700. The highest BCUT2D eigenvalue weighted by atomic mass is 35.5. The van der Waals surface area contributed by atoms with E-state index in [1.807, 2.05) is 32.0 Å².